The largest absolute Gasteiger partial charge is 0.353 e. The summed E-state index contributed by atoms with van der Waals surface area (Å²) in [5, 5.41) is 4.48. The first-order valence-electron chi connectivity index (χ1n) is 4.50. The van der Waals surface area contributed by atoms with Crippen LogP contribution in [-0.4, -0.2) is 36.3 Å². The maximum Gasteiger partial charge on any atom is 0.264 e. The van der Waals surface area contributed by atoms with E-state index in [1.807, 2.05) is 0 Å². The molecule has 2 rings (SSSR count). The van der Waals surface area contributed by atoms with Crippen LogP contribution in [-0.2, 0) is 4.79 Å². The summed E-state index contributed by atoms with van der Waals surface area (Å²) in [5.74, 6) is -0.188. The third-order valence-electron chi connectivity index (χ3n) is 2.12. The van der Waals surface area contributed by atoms with Crippen LogP contribution >= 0.6 is 24.0 Å². The zero-order valence-corrected chi connectivity index (χ0v) is 9.61. The van der Waals surface area contributed by atoms with Gasteiger partial charge in [-0.25, -0.2) is 0 Å². The summed E-state index contributed by atoms with van der Waals surface area (Å²) >= 11 is 5.49. The van der Waals surface area contributed by atoms with Gasteiger partial charge in [-0.1, -0.05) is 0 Å². The maximum absolute atomic E-state index is 11.9. The average Bonchev–Trinajstić information content (AvgIpc) is 2.64. The zero-order chi connectivity index (χ0) is 10.8. The quantitative estimate of drug-likeness (QED) is 0.709. The standard InChI is InChI=1S/C9H10N2O2S2/c12-8-4-11(2-1-10-8)9(13)7-3-6(14)5-15-7/h3,5,14H,1-2,4H2,(H,10,12). The third kappa shape index (κ3) is 2.32. The number of carbonyl (C=O) groups excluding carboxylic acids is 2. The van der Waals surface area contributed by atoms with Crippen LogP contribution in [0.15, 0.2) is 16.3 Å². The molecule has 80 valence electrons. The number of thiol groups is 1. The molecule has 1 aliphatic rings. The highest BCUT2D eigenvalue weighted by Crippen LogP contribution is 2.19. The Bertz CT molecular complexity index is 403. The fraction of sp³-hybridized carbons (Fsp3) is 0.333. The Morgan fingerprint density at radius 2 is 2.40 bits per heavy atom. The van der Waals surface area contributed by atoms with Crippen LogP contribution < -0.4 is 5.32 Å². The molecule has 1 aromatic rings. The molecule has 1 saturated heterocycles. The number of nitrogens with zero attached hydrogens (tertiary/aromatic N) is 1. The van der Waals surface area contributed by atoms with E-state index >= 15 is 0 Å². The van der Waals surface area contributed by atoms with Crippen LogP contribution in [0, 0.1) is 0 Å². The van der Waals surface area contributed by atoms with Gasteiger partial charge in [0.05, 0.1) is 11.4 Å². The molecule has 1 N–H and O–H groups in total. The van der Waals surface area contributed by atoms with Crippen LogP contribution in [0.5, 0.6) is 0 Å². The first-order chi connectivity index (χ1) is 7.16. The van der Waals surface area contributed by atoms with E-state index in [2.05, 4.69) is 17.9 Å². The minimum Gasteiger partial charge on any atom is -0.353 e. The highest BCUT2D eigenvalue weighted by molar-refractivity contribution is 7.80. The van der Waals surface area contributed by atoms with Gasteiger partial charge in [0.2, 0.25) is 5.91 Å². The highest BCUT2D eigenvalue weighted by atomic mass is 32.1. The molecule has 1 fully saturated rings. The van der Waals surface area contributed by atoms with Crippen LogP contribution in [0.25, 0.3) is 0 Å². The lowest BCUT2D eigenvalue weighted by Crippen LogP contribution is -2.49. The average molecular weight is 242 g/mol. The molecule has 1 aromatic heterocycles. The van der Waals surface area contributed by atoms with Gasteiger partial charge in [0.15, 0.2) is 0 Å². The van der Waals surface area contributed by atoms with Gasteiger partial charge in [-0.3, -0.25) is 9.59 Å². The number of amides is 2. The summed E-state index contributed by atoms with van der Waals surface area (Å²) in [4.78, 5) is 25.9. The fourth-order valence-corrected chi connectivity index (χ4v) is 2.52. The van der Waals surface area contributed by atoms with E-state index in [4.69, 9.17) is 0 Å². The molecule has 0 radical (unpaired) electrons. The highest BCUT2D eigenvalue weighted by Gasteiger charge is 2.22. The van der Waals surface area contributed by atoms with Gasteiger partial charge in [-0.05, 0) is 6.07 Å². The maximum atomic E-state index is 11.9. The van der Waals surface area contributed by atoms with Gasteiger partial charge in [0.1, 0.15) is 0 Å². The Labute approximate surface area is 96.7 Å². The second kappa shape index (κ2) is 4.24. The van der Waals surface area contributed by atoms with E-state index < -0.39 is 0 Å². The van der Waals surface area contributed by atoms with Gasteiger partial charge in [-0.2, -0.15) is 0 Å². The molecule has 0 bridgehead atoms. The molecular formula is C9H10N2O2S2. The minimum absolute atomic E-state index is 0.0878. The van der Waals surface area contributed by atoms with Crippen LogP contribution in [0.4, 0.5) is 0 Å². The van der Waals surface area contributed by atoms with E-state index in [0.717, 1.165) is 4.90 Å². The molecular weight excluding hydrogens is 232 g/mol. The summed E-state index contributed by atoms with van der Waals surface area (Å²) in [6.45, 7) is 1.26. The molecule has 0 aliphatic carbocycles. The summed E-state index contributed by atoms with van der Waals surface area (Å²) < 4.78 is 0. The van der Waals surface area contributed by atoms with Crippen molar-refractivity contribution in [2.45, 2.75) is 4.90 Å². The van der Waals surface area contributed by atoms with Gasteiger partial charge in [-0.15, -0.1) is 24.0 Å². The predicted octanol–water partition coefficient (Wildman–Crippen LogP) is 0.609. The summed E-state index contributed by atoms with van der Waals surface area (Å²) in [7, 11) is 0. The normalized spacial score (nSPS) is 16.3. The molecule has 0 aromatic carbocycles. The van der Waals surface area contributed by atoms with Gasteiger partial charge >= 0.3 is 0 Å². The van der Waals surface area contributed by atoms with E-state index in [0.29, 0.717) is 18.0 Å². The van der Waals surface area contributed by atoms with Gasteiger partial charge in [0.25, 0.3) is 5.91 Å². The lowest BCUT2D eigenvalue weighted by atomic mass is 10.3. The number of hydrogen-bond acceptors (Lipinski definition) is 4. The van der Waals surface area contributed by atoms with Crippen molar-refractivity contribution in [1.82, 2.24) is 10.2 Å². The van der Waals surface area contributed by atoms with Crippen molar-refractivity contribution in [1.29, 1.82) is 0 Å². The van der Waals surface area contributed by atoms with Gasteiger partial charge in [0, 0.05) is 23.4 Å². The van der Waals surface area contributed by atoms with Crippen molar-refractivity contribution in [3.05, 3.63) is 16.3 Å². The van der Waals surface area contributed by atoms with Crippen molar-refractivity contribution in [2.24, 2.45) is 0 Å². The topological polar surface area (TPSA) is 49.4 Å². The smallest absolute Gasteiger partial charge is 0.264 e. The number of piperazine rings is 1. The first-order valence-corrected chi connectivity index (χ1v) is 5.83. The predicted molar refractivity (Wildman–Crippen MR) is 60.5 cm³/mol. The summed E-state index contributed by atoms with van der Waals surface area (Å²) in [6.07, 6.45) is 0. The van der Waals surface area contributed by atoms with E-state index in [1.54, 1.807) is 16.3 Å². The molecule has 2 heterocycles. The summed E-state index contributed by atoms with van der Waals surface area (Å²) in [6, 6.07) is 1.72. The van der Waals surface area contributed by atoms with Crippen molar-refractivity contribution >= 4 is 35.8 Å². The van der Waals surface area contributed by atoms with Crippen molar-refractivity contribution in [3.63, 3.8) is 0 Å². The SMILES string of the molecule is O=C1CN(C(=O)c2cc(S)cs2)CCN1. The second-order valence-corrected chi connectivity index (χ2v) is 4.67. The molecule has 0 atom stereocenters. The zero-order valence-electron chi connectivity index (χ0n) is 7.90. The number of hydrogen-bond donors (Lipinski definition) is 2. The number of carbonyl (C=O) groups is 2. The minimum atomic E-state index is -0.0998. The van der Waals surface area contributed by atoms with Crippen LogP contribution in [0.1, 0.15) is 9.67 Å². The third-order valence-corrected chi connectivity index (χ3v) is 3.47. The van der Waals surface area contributed by atoms with E-state index in [-0.39, 0.29) is 18.4 Å². The molecule has 2 amide bonds. The lowest BCUT2D eigenvalue weighted by molar-refractivity contribution is -0.123. The fourth-order valence-electron chi connectivity index (χ4n) is 1.41. The lowest BCUT2D eigenvalue weighted by Gasteiger charge is -2.26. The Hall–Kier alpha value is -1.01. The van der Waals surface area contributed by atoms with Gasteiger partial charge < -0.3 is 10.2 Å². The van der Waals surface area contributed by atoms with Crippen molar-refractivity contribution in [3.8, 4) is 0 Å². The molecule has 6 heteroatoms. The second-order valence-electron chi connectivity index (χ2n) is 3.25. The Morgan fingerprint density at radius 3 is 3.00 bits per heavy atom. The van der Waals surface area contributed by atoms with E-state index in [9.17, 15) is 9.59 Å². The van der Waals surface area contributed by atoms with Crippen molar-refractivity contribution < 1.29 is 9.59 Å². The molecule has 0 unspecified atom stereocenters. The molecule has 0 saturated carbocycles. The summed E-state index contributed by atoms with van der Waals surface area (Å²) in [5.41, 5.74) is 0. The number of nitrogens with one attached hydrogen (secondary N) is 1. The Morgan fingerprint density at radius 1 is 1.60 bits per heavy atom. The molecule has 4 nitrogen and oxygen atoms in total. The van der Waals surface area contributed by atoms with Crippen LogP contribution in [0.3, 0.4) is 0 Å². The van der Waals surface area contributed by atoms with Crippen LogP contribution in [0.2, 0.25) is 0 Å². The number of thiophene rings is 1. The Kier molecular flexibility index (Phi) is 2.97. The Balaban J connectivity index is 2.10. The first kappa shape index (κ1) is 10.5. The van der Waals surface area contributed by atoms with E-state index in [1.165, 1.54) is 11.3 Å². The molecule has 1 aliphatic heterocycles. The monoisotopic (exact) mass is 242 g/mol. The molecule has 15 heavy (non-hydrogen) atoms. The number of rotatable bonds is 1. The molecule has 0 spiro atoms. The van der Waals surface area contributed by atoms with Crippen molar-refractivity contribution in [2.75, 3.05) is 19.6 Å².